The van der Waals surface area contributed by atoms with Crippen molar-refractivity contribution in [2.24, 2.45) is 0 Å². The topological polar surface area (TPSA) is 22.6 Å². The summed E-state index contributed by atoms with van der Waals surface area (Å²) >= 11 is 1.68. The van der Waals surface area contributed by atoms with Gasteiger partial charge in [-0.05, 0) is 47.2 Å². The number of aromatic nitrogens is 3. The van der Waals surface area contributed by atoms with Crippen LogP contribution in [0.2, 0.25) is 0 Å². The average molecular weight is 436 g/mol. The quantitative estimate of drug-likeness (QED) is 0.305. The number of nitrogens with zero attached hydrogens (tertiary/aromatic N) is 3. The van der Waals surface area contributed by atoms with Gasteiger partial charge in [-0.3, -0.25) is 0 Å². The van der Waals surface area contributed by atoms with Gasteiger partial charge in [-0.1, -0.05) is 84.9 Å². The minimum atomic E-state index is -0.250. The lowest BCUT2D eigenvalue weighted by molar-refractivity contribution is -0.708. The molecule has 0 radical (unpaired) electrons. The largest absolute Gasteiger partial charge is 0.273 e. The molecule has 0 fully saturated rings. The molecule has 6 rings (SSSR count). The highest BCUT2D eigenvalue weighted by molar-refractivity contribution is 7.99. The van der Waals surface area contributed by atoms with Crippen molar-refractivity contribution in [3.05, 3.63) is 115 Å². The van der Waals surface area contributed by atoms with Crippen molar-refractivity contribution in [1.29, 1.82) is 0 Å². The second-order valence-electron chi connectivity index (χ2n) is 7.51. The molecule has 0 aliphatic carbocycles. The average Bonchev–Trinajstić information content (AvgIpc) is 3.36. The van der Waals surface area contributed by atoms with Gasteiger partial charge in [0.05, 0.1) is 5.56 Å². The molecule has 3 nitrogen and oxygen atoms in total. The first-order chi connectivity index (χ1) is 15.8. The molecule has 0 N–H and O–H groups in total. The molecule has 0 saturated carbocycles. The van der Waals surface area contributed by atoms with Crippen LogP contribution < -0.4 is 9.73 Å². The van der Waals surface area contributed by atoms with Crippen molar-refractivity contribution in [1.82, 2.24) is 9.61 Å². The first-order valence-electron chi connectivity index (χ1n) is 10.4. The summed E-state index contributed by atoms with van der Waals surface area (Å²) in [6.07, 6.45) is 0. The normalized spacial score (nSPS) is 11.4. The lowest BCUT2D eigenvalue weighted by atomic mass is 10.0. The molecule has 0 aliphatic rings. The third-order valence-electron chi connectivity index (χ3n) is 5.48. The molecular weight excluding hydrogens is 417 g/mol. The van der Waals surface area contributed by atoms with Gasteiger partial charge in [-0.2, -0.15) is 5.10 Å². The molecule has 0 atom stereocenters. The molecule has 4 aromatic carbocycles. The Balaban J connectivity index is 1.75. The van der Waals surface area contributed by atoms with E-state index in [2.05, 4.69) is 34.8 Å². The fourth-order valence-corrected chi connectivity index (χ4v) is 5.10. The minimum absolute atomic E-state index is 0.250. The van der Waals surface area contributed by atoms with Gasteiger partial charge in [0.25, 0.3) is 5.03 Å². The van der Waals surface area contributed by atoms with Crippen LogP contribution in [0.4, 0.5) is 4.39 Å². The molecular formula is C27H18FN3S. The molecule has 6 aromatic rings. The Hall–Kier alpha value is -3.83. The van der Waals surface area contributed by atoms with E-state index >= 15 is 0 Å². The standard InChI is InChI=1S/C27H18FN3S/c28-21-17-15-20(16-18-21)26-25(19-9-3-1-4-10-19)27(32-22-11-5-2-6-12-22)31-29-23-13-7-8-14-24(23)30(26)31/h1-18H. The summed E-state index contributed by atoms with van der Waals surface area (Å²) in [6.45, 7) is 0. The van der Waals surface area contributed by atoms with Crippen LogP contribution in [0, 0.1) is 5.82 Å². The Bertz CT molecular complexity index is 1540. The van der Waals surface area contributed by atoms with E-state index in [0.29, 0.717) is 0 Å². The molecule has 0 spiro atoms. The molecule has 2 aromatic heterocycles. The molecule has 0 aliphatic heterocycles. The number of hydrogen-bond donors (Lipinski definition) is 0. The fourth-order valence-electron chi connectivity index (χ4n) is 4.07. The van der Waals surface area contributed by atoms with E-state index in [0.717, 1.165) is 43.3 Å². The summed E-state index contributed by atoms with van der Waals surface area (Å²) in [5, 5.41) is 5.96. The van der Waals surface area contributed by atoms with Gasteiger partial charge in [0, 0.05) is 21.6 Å². The second kappa shape index (κ2) is 7.70. The summed E-state index contributed by atoms with van der Waals surface area (Å²) in [5.74, 6) is -0.250. The van der Waals surface area contributed by atoms with Gasteiger partial charge in [0.15, 0.2) is 0 Å². The van der Waals surface area contributed by atoms with E-state index in [9.17, 15) is 4.39 Å². The Labute approximate surface area is 188 Å². The van der Waals surface area contributed by atoms with Crippen LogP contribution in [0.1, 0.15) is 0 Å². The number of rotatable bonds is 4. The number of halogens is 1. The maximum Gasteiger partial charge on any atom is 0.273 e. The molecule has 5 heteroatoms. The maximum atomic E-state index is 13.8. The van der Waals surface area contributed by atoms with Gasteiger partial charge in [-0.15, -0.1) is 4.63 Å². The van der Waals surface area contributed by atoms with Gasteiger partial charge in [0.2, 0.25) is 0 Å². The number of benzene rings is 4. The Morgan fingerprint density at radius 2 is 1.34 bits per heavy atom. The summed E-state index contributed by atoms with van der Waals surface area (Å²) in [7, 11) is 0. The van der Waals surface area contributed by atoms with Gasteiger partial charge in [0.1, 0.15) is 5.82 Å². The van der Waals surface area contributed by atoms with E-state index in [1.807, 2.05) is 71.4 Å². The summed E-state index contributed by atoms with van der Waals surface area (Å²) in [6, 6.07) is 35.4. The number of fused-ring (bicyclic) bond motifs is 3. The van der Waals surface area contributed by atoms with Crippen molar-refractivity contribution in [3.8, 4) is 22.4 Å². The van der Waals surface area contributed by atoms with Crippen LogP contribution >= 0.6 is 11.8 Å². The zero-order chi connectivity index (χ0) is 21.5. The maximum absolute atomic E-state index is 13.8. The summed E-state index contributed by atoms with van der Waals surface area (Å²) < 4.78 is 17.9. The molecule has 0 amide bonds. The minimum Gasteiger partial charge on any atom is -0.216 e. The predicted molar refractivity (Wildman–Crippen MR) is 125 cm³/mol. The molecule has 154 valence electrons. The Morgan fingerprint density at radius 3 is 2.09 bits per heavy atom. The predicted octanol–water partition coefficient (Wildman–Crippen LogP) is 6.26. The highest BCUT2D eigenvalue weighted by Crippen LogP contribution is 2.41. The second-order valence-corrected chi connectivity index (χ2v) is 8.57. The Morgan fingerprint density at radius 1 is 0.688 bits per heavy atom. The molecule has 2 heterocycles. The van der Waals surface area contributed by atoms with E-state index < -0.39 is 0 Å². The monoisotopic (exact) mass is 435 g/mol. The van der Waals surface area contributed by atoms with E-state index in [1.54, 1.807) is 11.8 Å². The lowest BCUT2D eigenvalue weighted by Gasteiger charge is -2.08. The van der Waals surface area contributed by atoms with Crippen LogP contribution in [-0.4, -0.2) is 4.52 Å². The molecule has 0 saturated heterocycles. The third kappa shape index (κ3) is 3.10. The zero-order valence-corrected chi connectivity index (χ0v) is 17.8. The Kier molecular flexibility index (Phi) is 4.55. The van der Waals surface area contributed by atoms with Crippen molar-refractivity contribution in [3.63, 3.8) is 0 Å². The number of hydrogen-bond acceptors (Lipinski definition) is 1. The smallest absolute Gasteiger partial charge is 0.216 e. The molecule has 0 unspecified atom stereocenters. The summed E-state index contributed by atoms with van der Waals surface area (Å²) in [4.78, 5) is 1.13. The number of para-hydroxylation sites is 1. The third-order valence-corrected chi connectivity index (χ3v) is 6.55. The fraction of sp³-hybridized carbons (Fsp3) is 0. The molecule has 32 heavy (non-hydrogen) atoms. The van der Waals surface area contributed by atoms with Gasteiger partial charge < -0.3 is 0 Å². The van der Waals surface area contributed by atoms with Crippen molar-refractivity contribution >= 4 is 22.8 Å². The first kappa shape index (κ1) is 18.9. The lowest BCUT2D eigenvalue weighted by Crippen LogP contribution is -2.32. The van der Waals surface area contributed by atoms with Crippen molar-refractivity contribution in [2.45, 2.75) is 9.92 Å². The van der Waals surface area contributed by atoms with Gasteiger partial charge >= 0.3 is 0 Å². The highest BCUT2D eigenvalue weighted by atomic mass is 32.2. The van der Waals surface area contributed by atoms with E-state index in [1.165, 1.54) is 12.1 Å². The van der Waals surface area contributed by atoms with Crippen LogP contribution in [0.5, 0.6) is 0 Å². The highest BCUT2D eigenvalue weighted by Gasteiger charge is 2.27. The van der Waals surface area contributed by atoms with Crippen molar-refractivity contribution in [2.75, 3.05) is 0 Å². The summed E-state index contributed by atoms with van der Waals surface area (Å²) in [5.41, 5.74) is 6.00. The van der Waals surface area contributed by atoms with Crippen LogP contribution in [-0.2, 0) is 0 Å². The SMILES string of the molecule is Fc1ccc(-c2c(-c3ccccc3)c(Sc3ccccc3)[n+]3[n-]c4ccccc4n23)cc1. The van der Waals surface area contributed by atoms with Gasteiger partial charge in [-0.25, -0.2) is 8.91 Å². The van der Waals surface area contributed by atoms with Crippen molar-refractivity contribution < 1.29 is 9.02 Å². The van der Waals surface area contributed by atoms with Crippen LogP contribution in [0.15, 0.2) is 119 Å². The van der Waals surface area contributed by atoms with Crippen LogP contribution in [0.3, 0.4) is 0 Å². The van der Waals surface area contributed by atoms with E-state index in [-0.39, 0.29) is 5.82 Å². The first-order valence-corrected chi connectivity index (χ1v) is 11.2. The molecule has 0 bridgehead atoms. The van der Waals surface area contributed by atoms with E-state index in [4.69, 9.17) is 5.10 Å². The van der Waals surface area contributed by atoms with Crippen LogP contribution in [0.25, 0.3) is 33.4 Å². The zero-order valence-electron chi connectivity index (χ0n) is 17.0.